The molecule has 2 aromatic heterocycles. The Labute approximate surface area is 175 Å². The van der Waals surface area contributed by atoms with Crippen molar-refractivity contribution in [2.45, 2.75) is 32.2 Å². The van der Waals surface area contributed by atoms with Crippen LogP contribution in [0.15, 0.2) is 66.9 Å². The van der Waals surface area contributed by atoms with Crippen molar-refractivity contribution in [3.05, 3.63) is 78.0 Å². The van der Waals surface area contributed by atoms with Gasteiger partial charge in [0.15, 0.2) is 0 Å². The van der Waals surface area contributed by atoms with Crippen LogP contribution in [0.25, 0.3) is 22.2 Å². The second-order valence-electron chi connectivity index (χ2n) is 7.78. The molecule has 5 rings (SSSR count). The molecular weight excluding hydrogens is 374 g/mol. The normalized spacial score (nSPS) is 13.5. The molecule has 0 spiro atoms. The van der Waals surface area contributed by atoms with Crippen molar-refractivity contribution in [3.63, 3.8) is 0 Å². The van der Waals surface area contributed by atoms with Crippen molar-refractivity contribution in [2.24, 2.45) is 0 Å². The fourth-order valence-electron chi connectivity index (χ4n) is 4.06. The Morgan fingerprint density at radius 2 is 1.93 bits per heavy atom. The zero-order valence-corrected chi connectivity index (χ0v) is 16.8. The number of aromatic carboxylic acids is 1. The minimum Gasteiger partial charge on any atom is -0.478 e. The predicted octanol–water partition coefficient (Wildman–Crippen LogP) is 6.04. The van der Waals surface area contributed by atoms with E-state index in [0.717, 1.165) is 41.5 Å². The van der Waals surface area contributed by atoms with Gasteiger partial charge in [0, 0.05) is 35.0 Å². The van der Waals surface area contributed by atoms with Gasteiger partial charge in [-0.05, 0) is 67.1 Å². The molecule has 0 radical (unpaired) electrons. The molecule has 1 aliphatic carbocycles. The van der Waals surface area contributed by atoms with E-state index in [9.17, 15) is 9.90 Å². The van der Waals surface area contributed by atoms with Crippen LogP contribution in [0.4, 0.5) is 11.5 Å². The maximum atomic E-state index is 11.8. The molecule has 5 heteroatoms. The molecule has 0 aliphatic heterocycles. The average Bonchev–Trinajstić information content (AvgIpc) is 3.55. The monoisotopic (exact) mass is 397 g/mol. The summed E-state index contributed by atoms with van der Waals surface area (Å²) in [7, 11) is 0. The van der Waals surface area contributed by atoms with Gasteiger partial charge in [0.25, 0.3) is 0 Å². The van der Waals surface area contributed by atoms with Gasteiger partial charge < -0.3 is 15.0 Å². The molecule has 1 fully saturated rings. The van der Waals surface area contributed by atoms with E-state index in [2.05, 4.69) is 52.1 Å². The van der Waals surface area contributed by atoms with E-state index in [1.807, 2.05) is 24.3 Å². The van der Waals surface area contributed by atoms with Gasteiger partial charge >= 0.3 is 5.97 Å². The molecule has 0 atom stereocenters. The summed E-state index contributed by atoms with van der Waals surface area (Å²) in [6.07, 6.45) is 4.02. The van der Waals surface area contributed by atoms with Gasteiger partial charge in [-0.15, -0.1) is 0 Å². The Balaban J connectivity index is 1.52. The second kappa shape index (κ2) is 7.34. The van der Waals surface area contributed by atoms with Gasteiger partial charge in [-0.3, -0.25) is 0 Å². The molecule has 1 aliphatic rings. The van der Waals surface area contributed by atoms with Crippen LogP contribution in [0.5, 0.6) is 0 Å². The Hall–Kier alpha value is -3.60. The Kier molecular flexibility index (Phi) is 4.51. The SMILES string of the molecule is CCn1c(-c2ccccc2)cc2cc(Nc3ncc(C4CC4)cc3C(=O)O)ccc21. The molecule has 150 valence electrons. The first-order valence-electron chi connectivity index (χ1n) is 10.3. The zero-order valence-electron chi connectivity index (χ0n) is 16.8. The maximum Gasteiger partial charge on any atom is 0.339 e. The Bertz CT molecular complexity index is 1240. The van der Waals surface area contributed by atoms with E-state index in [4.69, 9.17) is 0 Å². The quantitative estimate of drug-likeness (QED) is 0.416. The van der Waals surface area contributed by atoms with E-state index in [1.54, 1.807) is 12.3 Å². The molecule has 2 heterocycles. The number of hydrogen-bond donors (Lipinski definition) is 2. The summed E-state index contributed by atoms with van der Waals surface area (Å²) in [6.45, 7) is 3.01. The summed E-state index contributed by atoms with van der Waals surface area (Å²) >= 11 is 0. The lowest BCUT2D eigenvalue weighted by atomic mass is 10.1. The van der Waals surface area contributed by atoms with E-state index in [0.29, 0.717) is 11.7 Å². The zero-order chi connectivity index (χ0) is 20.7. The molecule has 0 saturated heterocycles. The molecule has 0 unspecified atom stereocenters. The van der Waals surface area contributed by atoms with Gasteiger partial charge in [-0.1, -0.05) is 30.3 Å². The summed E-state index contributed by atoms with van der Waals surface area (Å²) in [5.41, 5.74) is 5.55. The summed E-state index contributed by atoms with van der Waals surface area (Å²) in [5, 5.41) is 14.0. The largest absolute Gasteiger partial charge is 0.478 e. The highest BCUT2D eigenvalue weighted by Gasteiger charge is 2.26. The topological polar surface area (TPSA) is 67.2 Å². The number of aryl methyl sites for hydroxylation is 1. The molecule has 5 nitrogen and oxygen atoms in total. The molecular formula is C25H23N3O2. The van der Waals surface area contributed by atoms with E-state index >= 15 is 0 Å². The maximum absolute atomic E-state index is 11.8. The van der Waals surface area contributed by atoms with Crippen LogP contribution in [0.1, 0.15) is 41.6 Å². The smallest absolute Gasteiger partial charge is 0.339 e. The third kappa shape index (κ3) is 3.32. The molecule has 2 aromatic carbocycles. The van der Waals surface area contributed by atoms with Gasteiger partial charge in [0.2, 0.25) is 0 Å². The minimum atomic E-state index is -0.961. The summed E-state index contributed by atoms with van der Waals surface area (Å²) in [5.74, 6) is -0.118. The Morgan fingerprint density at radius 1 is 1.13 bits per heavy atom. The number of fused-ring (bicyclic) bond motifs is 1. The van der Waals surface area contributed by atoms with E-state index < -0.39 is 5.97 Å². The van der Waals surface area contributed by atoms with Crippen LogP contribution in [0, 0.1) is 0 Å². The highest BCUT2D eigenvalue weighted by atomic mass is 16.4. The first-order valence-corrected chi connectivity index (χ1v) is 10.3. The molecule has 1 saturated carbocycles. The summed E-state index contributed by atoms with van der Waals surface area (Å²) in [6, 6.07) is 20.4. The minimum absolute atomic E-state index is 0.218. The summed E-state index contributed by atoms with van der Waals surface area (Å²) in [4.78, 5) is 16.2. The lowest BCUT2D eigenvalue weighted by molar-refractivity contribution is 0.0697. The second-order valence-corrected chi connectivity index (χ2v) is 7.78. The first kappa shape index (κ1) is 18.4. The highest BCUT2D eigenvalue weighted by Crippen LogP contribution is 2.40. The van der Waals surface area contributed by atoms with Crippen LogP contribution in [-0.2, 0) is 6.54 Å². The summed E-state index contributed by atoms with van der Waals surface area (Å²) < 4.78 is 2.29. The number of aromatic nitrogens is 2. The van der Waals surface area contributed by atoms with Crippen LogP contribution in [-0.4, -0.2) is 20.6 Å². The molecule has 4 aromatic rings. The third-order valence-corrected chi connectivity index (χ3v) is 5.74. The molecule has 0 bridgehead atoms. The molecule has 2 N–H and O–H groups in total. The molecule has 0 amide bonds. The van der Waals surface area contributed by atoms with Crippen LogP contribution in [0.3, 0.4) is 0 Å². The number of carboxylic acids is 1. The van der Waals surface area contributed by atoms with Crippen molar-refractivity contribution in [2.75, 3.05) is 5.32 Å². The first-order chi connectivity index (χ1) is 14.6. The van der Waals surface area contributed by atoms with Crippen molar-refractivity contribution in [1.82, 2.24) is 9.55 Å². The highest BCUT2D eigenvalue weighted by molar-refractivity contribution is 5.95. The van der Waals surface area contributed by atoms with Crippen LogP contribution >= 0.6 is 0 Å². The number of rotatable bonds is 6. The number of nitrogens with one attached hydrogen (secondary N) is 1. The number of pyridine rings is 1. The van der Waals surface area contributed by atoms with E-state index in [1.165, 1.54) is 11.3 Å². The van der Waals surface area contributed by atoms with Crippen molar-refractivity contribution >= 4 is 28.4 Å². The lowest BCUT2D eigenvalue weighted by Gasteiger charge is -2.11. The van der Waals surface area contributed by atoms with Crippen LogP contribution in [0.2, 0.25) is 0 Å². The number of benzene rings is 2. The fraction of sp³-hybridized carbons (Fsp3) is 0.200. The number of anilines is 2. The lowest BCUT2D eigenvalue weighted by Crippen LogP contribution is -2.06. The van der Waals surface area contributed by atoms with Gasteiger partial charge in [-0.25, -0.2) is 9.78 Å². The standard InChI is InChI=1S/C25H23N3O2/c1-2-28-22-11-10-20(12-18(22)14-23(28)17-6-4-3-5-7-17)27-24-21(25(29)30)13-19(15-26-24)16-8-9-16/h3-7,10-16H,2,8-9H2,1H3,(H,26,27)(H,29,30). The molecule has 30 heavy (non-hydrogen) atoms. The average molecular weight is 397 g/mol. The number of carboxylic acid groups (broad SMARTS) is 1. The fourth-order valence-corrected chi connectivity index (χ4v) is 4.06. The van der Waals surface area contributed by atoms with Crippen LogP contribution < -0.4 is 5.32 Å². The van der Waals surface area contributed by atoms with E-state index in [-0.39, 0.29) is 5.56 Å². The van der Waals surface area contributed by atoms with Crippen molar-refractivity contribution in [1.29, 1.82) is 0 Å². The number of nitrogens with zero attached hydrogens (tertiary/aromatic N) is 2. The Morgan fingerprint density at radius 3 is 2.63 bits per heavy atom. The third-order valence-electron chi connectivity index (χ3n) is 5.74. The predicted molar refractivity (Wildman–Crippen MR) is 120 cm³/mol. The van der Waals surface area contributed by atoms with Gasteiger partial charge in [0.05, 0.1) is 0 Å². The number of hydrogen-bond acceptors (Lipinski definition) is 3. The van der Waals surface area contributed by atoms with Gasteiger partial charge in [0.1, 0.15) is 11.4 Å². The number of carbonyl (C=O) groups is 1. The van der Waals surface area contributed by atoms with Crippen molar-refractivity contribution < 1.29 is 9.90 Å². The van der Waals surface area contributed by atoms with Crippen molar-refractivity contribution in [3.8, 4) is 11.3 Å². The van der Waals surface area contributed by atoms with Gasteiger partial charge in [-0.2, -0.15) is 0 Å².